The molecule has 2 heterocycles. The molecule has 0 aliphatic heterocycles. The fourth-order valence-corrected chi connectivity index (χ4v) is 2.85. The molecule has 8 nitrogen and oxygen atoms in total. The first-order valence-electron chi connectivity index (χ1n) is 10.0. The molecule has 0 unspecified atom stereocenters. The molecule has 0 aliphatic carbocycles. The number of carbonyl (C=O) groups excluding carboxylic acids is 2. The third-order valence-electron chi connectivity index (χ3n) is 4.45. The van der Waals surface area contributed by atoms with Crippen LogP contribution in [0.25, 0.3) is 5.65 Å². The van der Waals surface area contributed by atoms with Crippen molar-refractivity contribution in [3.05, 3.63) is 59.5 Å². The molecule has 0 saturated heterocycles. The fourth-order valence-electron chi connectivity index (χ4n) is 2.85. The van der Waals surface area contributed by atoms with Gasteiger partial charge in [-0.05, 0) is 29.8 Å². The number of rotatable bonds is 10. The summed E-state index contributed by atoms with van der Waals surface area (Å²) in [6.45, 7) is -0.741. The van der Waals surface area contributed by atoms with Crippen LogP contribution in [0.3, 0.4) is 0 Å². The molecular weight excluding hydrogens is 465 g/mol. The number of amides is 2. The van der Waals surface area contributed by atoms with Gasteiger partial charge in [0.15, 0.2) is 5.65 Å². The van der Waals surface area contributed by atoms with Gasteiger partial charge >= 0.3 is 6.18 Å². The van der Waals surface area contributed by atoms with Gasteiger partial charge in [-0.2, -0.15) is 18.3 Å². The topological polar surface area (TPSA) is 97.6 Å². The maximum absolute atomic E-state index is 12.4. The van der Waals surface area contributed by atoms with E-state index in [2.05, 4.69) is 20.7 Å². The van der Waals surface area contributed by atoms with Gasteiger partial charge in [0.05, 0.1) is 31.1 Å². The minimum atomic E-state index is -4.40. The van der Waals surface area contributed by atoms with Crippen LogP contribution < -0.4 is 15.4 Å². The highest BCUT2D eigenvalue weighted by atomic mass is 19.4. The van der Waals surface area contributed by atoms with Crippen molar-refractivity contribution in [2.75, 3.05) is 6.61 Å². The van der Waals surface area contributed by atoms with Crippen molar-refractivity contribution in [1.29, 1.82) is 0 Å². The van der Waals surface area contributed by atoms with Gasteiger partial charge in [-0.25, -0.2) is 18.3 Å². The van der Waals surface area contributed by atoms with Crippen molar-refractivity contribution in [3.63, 3.8) is 0 Å². The maximum atomic E-state index is 12.4. The maximum Gasteiger partial charge on any atom is 0.389 e. The predicted octanol–water partition coefficient (Wildman–Crippen LogP) is 3.26. The average molecular weight is 485 g/mol. The van der Waals surface area contributed by atoms with Crippen molar-refractivity contribution >= 4 is 17.5 Å². The fraction of sp³-hybridized carbons (Fsp3) is 0.333. The molecule has 0 atom stereocenters. The van der Waals surface area contributed by atoms with E-state index in [4.69, 9.17) is 4.74 Å². The highest BCUT2D eigenvalue weighted by Crippen LogP contribution is 2.21. The molecule has 0 aliphatic rings. The zero-order valence-corrected chi connectivity index (χ0v) is 17.6. The van der Waals surface area contributed by atoms with Gasteiger partial charge in [-0.3, -0.25) is 9.59 Å². The molecule has 182 valence electrons. The second-order valence-corrected chi connectivity index (χ2v) is 7.20. The first-order valence-corrected chi connectivity index (χ1v) is 10.0. The summed E-state index contributed by atoms with van der Waals surface area (Å²) in [5, 5.41) is 9.18. The number of benzene rings is 1. The summed E-state index contributed by atoms with van der Waals surface area (Å²) in [6, 6.07) is 7.42. The zero-order valence-electron chi connectivity index (χ0n) is 17.6. The number of nitrogens with one attached hydrogen (secondary N) is 2. The Morgan fingerprint density at radius 2 is 1.91 bits per heavy atom. The van der Waals surface area contributed by atoms with Gasteiger partial charge < -0.3 is 15.4 Å². The smallest absolute Gasteiger partial charge is 0.389 e. The molecule has 0 radical (unpaired) electrons. The summed E-state index contributed by atoms with van der Waals surface area (Å²) in [6.07, 6.45) is -5.88. The van der Waals surface area contributed by atoms with E-state index >= 15 is 0 Å². The first kappa shape index (κ1) is 24.9. The molecule has 0 spiro atoms. The Bertz CT molecular complexity index is 1150. The summed E-state index contributed by atoms with van der Waals surface area (Å²) in [7, 11) is 0. The molecule has 3 aromatic rings. The Labute approximate surface area is 190 Å². The van der Waals surface area contributed by atoms with Gasteiger partial charge in [0, 0.05) is 18.5 Å². The van der Waals surface area contributed by atoms with Gasteiger partial charge in [-0.15, -0.1) is 0 Å². The van der Waals surface area contributed by atoms with Crippen molar-refractivity contribution in [2.24, 2.45) is 0 Å². The van der Waals surface area contributed by atoms with Crippen molar-refractivity contribution in [1.82, 2.24) is 25.2 Å². The molecule has 0 saturated carbocycles. The molecule has 13 heteroatoms. The second-order valence-electron chi connectivity index (χ2n) is 7.20. The number of halogens is 5. The highest BCUT2D eigenvalue weighted by Gasteiger charge is 2.27. The summed E-state index contributed by atoms with van der Waals surface area (Å²) in [5.41, 5.74) is 1.64. The minimum absolute atomic E-state index is 0.0108. The Kier molecular flexibility index (Phi) is 7.97. The van der Waals surface area contributed by atoms with Crippen LogP contribution in [0, 0.1) is 0 Å². The molecule has 3 rings (SSSR count). The normalized spacial score (nSPS) is 11.6. The number of fused-ring (bicyclic) bond motifs is 1. The lowest BCUT2D eigenvalue weighted by Gasteiger charge is -2.07. The molecule has 1 aromatic carbocycles. The van der Waals surface area contributed by atoms with Crippen LogP contribution in [0.4, 0.5) is 22.0 Å². The highest BCUT2D eigenvalue weighted by molar-refractivity contribution is 5.94. The number of hydrogen-bond donors (Lipinski definition) is 2. The summed E-state index contributed by atoms with van der Waals surface area (Å²) in [5.74, 6) is -1.05. The van der Waals surface area contributed by atoms with Crippen LogP contribution >= 0.6 is 0 Å². The summed E-state index contributed by atoms with van der Waals surface area (Å²) < 4.78 is 67.4. The average Bonchev–Trinajstić information content (AvgIpc) is 3.20. The molecule has 2 N–H and O–H groups in total. The van der Waals surface area contributed by atoms with E-state index in [1.807, 2.05) is 0 Å². The molecule has 0 fully saturated rings. The first-order chi connectivity index (χ1) is 16.1. The number of alkyl halides is 5. The third-order valence-corrected chi connectivity index (χ3v) is 4.45. The number of nitrogens with zero attached hydrogens (tertiary/aromatic N) is 3. The largest absolute Gasteiger partial charge is 0.488 e. The zero-order chi connectivity index (χ0) is 24.7. The lowest BCUT2D eigenvalue weighted by atomic mass is 10.2. The second kappa shape index (κ2) is 10.9. The standard InChI is InChI=1S/C21H20F5N5O3/c22-17(23)12-34-16-3-1-2-14(7-16)20(33)28-10-15-11-31-18(30-15)6-13(9-29-31)8-27-19(32)4-5-21(24,25)26/h1-3,6-7,9,11,17H,4-5,8,10,12H2,(H,27,32)(H,28,33). The van der Waals surface area contributed by atoms with Crippen molar-refractivity contribution < 1.29 is 36.3 Å². The Morgan fingerprint density at radius 1 is 1.12 bits per heavy atom. The molecule has 34 heavy (non-hydrogen) atoms. The van der Waals surface area contributed by atoms with Crippen LogP contribution in [0.15, 0.2) is 42.7 Å². The minimum Gasteiger partial charge on any atom is -0.488 e. The van der Waals surface area contributed by atoms with Crippen LogP contribution in [-0.2, 0) is 17.9 Å². The lowest BCUT2D eigenvalue weighted by Crippen LogP contribution is -2.24. The van der Waals surface area contributed by atoms with E-state index in [1.165, 1.54) is 35.0 Å². The molecular formula is C21H20F5N5O3. The van der Waals surface area contributed by atoms with E-state index < -0.39 is 43.9 Å². The van der Waals surface area contributed by atoms with E-state index in [0.717, 1.165) is 0 Å². The van der Waals surface area contributed by atoms with Gasteiger partial charge in [0.25, 0.3) is 12.3 Å². The van der Waals surface area contributed by atoms with Crippen LogP contribution in [-0.4, -0.2) is 45.6 Å². The third kappa shape index (κ3) is 7.67. The molecule has 0 bridgehead atoms. The number of imidazole rings is 1. The van der Waals surface area contributed by atoms with E-state index in [1.54, 1.807) is 12.3 Å². The Balaban J connectivity index is 1.54. The van der Waals surface area contributed by atoms with Crippen LogP contribution in [0.5, 0.6) is 5.75 Å². The van der Waals surface area contributed by atoms with Gasteiger partial charge in [0.2, 0.25) is 5.91 Å². The lowest BCUT2D eigenvalue weighted by molar-refractivity contribution is -0.144. The monoisotopic (exact) mass is 485 g/mol. The number of carbonyl (C=O) groups is 2. The van der Waals surface area contributed by atoms with Gasteiger partial charge in [0.1, 0.15) is 12.4 Å². The van der Waals surface area contributed by atoms with Crippen molar-refractivity contribution in [2.45, 2.75) is 38.5 Å². The summed E-state index contributed by atoms with van der Waals surface area (Å²) >= 11 is 0. The Morgan fingerprint density at radius 3 is 2.65 bits per heavy atom. The number of ether oxygens (including phenoxy) is 1. The van der Waals surface area contributed by atoms with E-state index in [-0.39, 0.29) is 24.4 Å². The Hall–Kier alpha value is -3.77. The molecule has 2 amide bonds. The molecule has 2 aromatic heterocycles. The van der Waals surface area contributed by atoms with E-state index in [0.29, 0.717) is 16.9 Å². The SMILES string of the molecule is O=C(CCC(F)(F)F)NCc1cnn2cc(CNC(=O)c3cccc(OCC(F)F)c3)nc2c1. The van der Waals surface area contributed by atoms with Crippen LogP contribution in [0.2, 0.25) is 0 Å². The van der Waals surface area contributed by atoms with Crippen molar-refractivity contribution in [3.8, 4) is 5.75 Å². The van der Waals surface area contributed by atoms with Crippen LogP contribution in [0.1, 0.15) is 34.5 Å². The quantitative estimate of drug-likeness (QED) is 0.430. The summed E-state index contributed by atoms with van der Waals surface area (Å²) in [4.78, 5) is 28.2. The van der Waals surface area contributed by atoms with Gasteiger partial charge in [-0.1, -0.05) is 6.07 Å². The van der Waals surface area contributed by atoms with E-state index in [9.17, 15) is 31.5 Å². The predicted molar refractivity (Wildman–Crippen MR) is 109 cm³/mol. The number of hydrogen-bond acceptors (Lipinski definition) is 5. The number of aromatic nitrogens is 3.